The highest BCUT2D eigenvalue weighted by molar-refractivity contribution is 6.05. The average Bonchev–Trinajstić information content (AvgIpc) is 2.58. The van der Waals surface area contributed by atoms with Crippen molar-refractivity contribution in [3.05, 3.63) is 66.5 Å². The van der Waals surface area contributed by atoms with E-state index in [-0.39, 0.29) is 18.4 Å². The Morgan fingerprint density at radius 3 is 2.75 bits per heavy atom. The van der Waals surface area contributed by atoms with Crippen LogP contribution in [0.1, 0.15) is 10.4 Å². The molecular formula is C18H15FN2O3. The number of anilines is 2. The summed E-state index contributed by atoms with van der Waals surface area (Å²) in [6.07, 6.45) is 1.64. The minimum Gasteiger partial charge on any atom is -0.481 e. The number of benzene rings is 2. The summed E-state index contributed by atoms with van der Waals surface area (Å²) in [7, 11) is 0. The van der Waals surface area contributed by atoms with Gasteiger partial charge in [-0.05, 0) is 36.4 Å². The van der Waals surface area contributed by atoms with Gasteiger partial charge in [0.05, 0.1) is 5.69 Å². The molecule has 0 atom stereocenters. The van der Waals surface area contributed by atoms with Gasteiger partial charge in [0.15, 0.2) is 6.61 Å². The zero-order valence-corrected chi connectivity index (χ0v) is 12.8. The predicted molar refractivity (Wildman–Crippen MR) is 88.8 cm³/mol. The van der Waals surface area contributed by atoms with Crippen LogP contribution in [0.2, 0.25) is 0 Å². The number of halogens is 1. The van der Waals surface area contributed by atoms with Crippen molar-refractivity contribution >= 4 is 23.2 Å². The van der Waals surface area contributed by atoms with Crippen LogP contribution in [-0.2, 0) is 4.79 Å². The van der Waals surface area contributed by atoms with E-state index in [0.717, 1.165) is 0 Å². The molecule has 2 aromatic rings. The van der Waals surface area contributed by atoms with E-state index < -0.39 is 5.82 Å². The smallest absolute Gasteiger partial charge is 0.265 e. The average molecular weight is 326 g/mol. The van der Waals surface area contributed by atoms with Gasteiger partial charge in [-0.2, -0.15) is 0 Å². The van der Waals surface area contributed by atoms with Crippen molar-refractivity contribution in [3.8, 4) is 5.75 Å². The van der Waals surface area contributed by atoms with Gasteiger partial charge in [0.25, 0.3) is 11.8 Å². The molecule has 0 saturated carbocycles. The van der Waals surface area contributed by atoms with Crippen LogP contribution >= 0.6 is 0 Å². The molecule has 122 valence electrons. The standard InChI is InChI=1S/C18H15FN2O3/c1-2-9-21-15-8-7-14(10-16(15)24-11-17(21)22)20-18(23)12-3-5-13(19)6-4-12/h2-8,10H,1,9,11H2,(H,20,23). The fourth-order valence-electron chi connectivity index (χ4n) is 2.42. The number of carbonyl (C=O) groups is 2. The lowest BCUT2D eigenvalue weighted by molar-refractivity contribution is -0.121. The van der Waals surface area contributed by atoms with E-state index in [1.165, 1.54) is 24.3 Å². The lowest BCUT2D eigenvalue weighted by atomic mass is 10.1. The van der Waals surface area contributed by atoms with Crippen molar-refractivity contribution in [2.75, 3.05) is 23.4 Å². The highest BCUT2D eigenvalue weighted by Crippen LogP contribution is 2.34. The number of nitrogens with one attached hydrogen (secondary N) is 1. The second-order valence-corrected chi connectivity index (χ2v) is 5.23. The van der Waals surface area contributed by atoms with E-state index in [4.69, 9.17) is 4.74 Å². The third kappa shape index (κ3) is 3.12. The van der Waals surface area contributed by atoms with Crippen LogP contribution in [0.5, 0.6) is 5.75 Å². The number of rotatable bonds is 4. The van der Waals surface area contributed by atoms with E-state index in [2.05, 4.69) is 11.9 Å². The number of hydrogen-bond acceptors (Lipinski definition) is 3. The highest BCUT2D eigenvalue weighted by atomic mass is 19.1. The Bertz CT molecular complexity index is 802. The molecule has 0 radical (unpaired) electrons. The molecule has 5 nitrogen and oxygen atoms in total. The molecule has 1 N–H and O–H groups in total. The van der Waals surface area contributed by atoms with Crippen molar-refractivity contribution in [2.24, 2.45) is 0 Å². The minimum absolute atomic E-state index is 0.0593. The summed E-state index contributed by atoms with van der Waals surface area (Å²) in [5.74, 6) is -0.399. The van der Waals surface area contributed by atoms with Crippen LogP contribution in [0, 0.1) is 5.82 Å². The molecule has 0 bridgehead atoms. The molecule has 6 heteroatoms. The summed E-state index contributed by atoms with van der Waals surface area (Å²) in [5, 5.41) is 2.72. The number of fused-ring (bicyclic) bond motifs is 1. The van der Waals surface area contributed by atoms with Crippen molar-refractivity contribution < 1.29 is 18.7 Å². The van der Waals surface area contributed by atoms with Crippen LogP contribution in [0.15, 0.2) is 55.1 Å². The maximum atomic E-state index is 12.9. The number of nitrogens with zero attached hydrogens (tertiary/aromatic N) is 1. The molecule has 24 heavy (non-hydrogen) atoms. The van der Waals surface area contributed by atoms with Gasteiger partial charge in [0.1, 0.15) is 11.6 Å². The monoisotopic (exact) mass is 326 g/mol. The van der Waals surface area contributed by atoms with Gasteiger partial charge >= 0.3 is 0 Å². The van der Waals surface area contributed by atoms with E-state index in [1.807, 2.05) is 0 Å². The Morgan fingerprint density at radius 1 is 1.29 bits per heavy atom. The Hall–Kier alpha value is -3.15. The van der Waals surface area contributed by atoms with Crippen LogP contribution in [0.4, 0.5) is 15.8 Å². The van der Waals surface area contributed by atoms with Gasteiger partial charge in [-0.25, -0.2) is 4.39 Å². The van der Waals surface area contributed by atoms with Crippen molar-refractivity contribution in [1.29, 1.82) is 0 Å². The fraction of sp³-hybridized carbons (Fsp3) is 0.111. The van der Waals surface area contributed by atoms with Crippen LogP contribution < -0.4 is 15.0 Å². The predicted octanol–water partition coefficient (Wildman–Crippen LogP) is 2.99. The Kier molecular flexibility index (Phi) is 4.29. The second-order valence-electron chi connectivity index (χ2n) is 5.23. The molecular weight excluding hydrogens is 311 g/mol. The molecule has 1 heterocycles. The number of carbonyl (C=O) groups excluding carboxylic acids is 2. The first kappa shape index (κ1) is 15.7. The summed E-state index contributed by atoms with van der Waals surface area (Å²) in [4.78, 5) is 25.6. The minimum atomic E-state index is -0.402. The van der Waals surface area contributed by atoms with Gasteiger partial charge in [-0.1, -0.05) is 6.08 Å². The van der Waals surface area contributed by atoms with E-state index >= 15 is 0 Å². The van der Waals surface area contributed by atoms with Crippen LogP contribution in [-0.4, -0.2) is 25.0 Å². The maximum Gasteiger partial charge on any atom is 0.265 e. The third-order valence-electron chi connectivity index (χ3n) is 3.58. The number of hydrogen-bond donors (Lipinski definition) is 1. The normalized spacial score (nSPS) is 13.0. The van der Waals surface area contributed by atoms with Gasteiger partial charge < -0.3 is 15.0 Å². The summed E-state index contributed by atoms with van der Waals surface area (Å²) >= 11 is 0. The van der Waals surface area contributed by atoms with E-state index in [0.29, 0.717) is 29.2 Å². The quantitative estimate of drug-likeness (QED) is 0.879. The van der Waals surface area contributed by atoms with Crippen LogP contribution in [0.25, 0.3) is 0 Å². The van der Waals surface area contributed by atoms with Gasteiger partial charge in [0.2, 0.25) is 0 Å². The Morgan fingerprint density at radius 2 is 2.04 bits per heavy atom. The van der Waals surface area contributed by atoms with Gasteiger partial charge in [-0.3, -0.25) is 9.59 Å². The zero-order valence-electron chi connectivity index (χ0n) is 12.8. The molecule has 0 spiro atoms. The molecule has 1 aliphatic heterocycles. The number of ether oxygens (including phenoxy) is 1. The highest BCUT2D eigenvalue weighted by Gasteiger charge is 2.24. The lowest BCUT2D eigenvalue weighted by Crippen LogP contribution is -2.38. The van der Waals surface area contributed by atoms with Crippen molar-refractivity contribution in [3.63, 3.8) is 0 Å². The molecule has 2 aromatic carbocycles. The Balaban J connectivity index is 1.81. The molecule has 2 amide bonds. The number of amides is 2. The lowest BCUT2D eigenvalue weighted by Gasteiger charge is -2.28. The Labute approximate surface area is 138 Å². The summed E-state index contributed by atoms with van der Waals surface area (Å²) in [6.45, 7) is 3.97. The molecule has 0 aromatic heterocycles. The van der Waals surface area contributed by atoms with Crippen molar-refractivity contribution in [1.82, 2.24) is 0 Å². The van der Waals surface area contributed by atoms with E-state index in [9.17, 15) is 14.0 Å². The molecule has 0 aliphatic carbocycles. The molecule has 1 aliphatic rings. The summed E-state index contributed by atoms with van der Waals surface area (Å²) < 4.78 is 18.3. The topological polar surface area (TPSA) is 58.6 Å². The SMILES string of the molecule is C=CCN1C(=O)COc2cc(NC(=O)c3ccc(F)cc3)ccc21. The molecule has 0 unspecified atom stereocenters. The largest absolute Gasteiger partial charge is 0.481 e. The second kappa shape index (κ2) is 6.54. The first-order valence-corrected chi connectivity index (χ1v) is 7.33. The molecule has 3 rings (SSSR count). The van der Waals surface area contributed by atoms with Crippen molar-refractivity contribution in [2.45, 2.75) is 0 Å². The molecule has 0 fully saturated rings. The zero-order chi connectivity index (χ0) is 17.1. The summed E-state index contributed by atoms with van der Waals surface area (Å²) in [6, 6.07) is 10.3. The molecule has 0 saturated heterocycles. The van der Waals surface area contributed by atoms with Gasteiger partial charge in [-0.15, -0.1) is 6.58 Å². The first-order chi connectivity index (χ1) is 11.6. The summed E-state index contributed by atoms with van der Waals surface area (Å²) in [5.41, 5.74) is 1.50. The van der Waals surface area contributed by atoms with Gasteiger partial charge in [0, 0.05) is 23.9 Å². The first-order valence-electron chi connectivity index (χ1n) is 7.33. The fourth-order valence-corrected chi connectivity index (χ4v) is 2.42. The maximum absolute atomic E-state index is 12.9. The third-order valence-corrected chi connectivity index (χ3v) is 3.58. The van der Waals surface area contributed by atoms with Crippen LogP contribution in [0.3, 0.4) is 0 Å². The van der Waals surface area contributed by atoms with E-state index in [1.54, 1.807) is 29.2 Å².